The lowest BCUT2D eigenvalue weighted by Crippen LogP contribution is -2.61. The van der Waals surface area contributed by atoms with Crippen LogP contribution in [0.15, 0.2) is 40.6 Å². The van der Waals surface area contributed by atoms with Gasteiger partial charge >= 0.3 is 0 Å². The minimum absolute atomic E-state index is 0.0528. The van der Waals surface area contributed by atoms with E-state index in [2.05, 4.69) is 5.48 Å². The van der Waals surface area contributed by atoms with E-state index in [1.807, 2.05) is 0 Å². The maximum atomic E-state index is 13.6. The molecule has 1 amide bonds. The van der Waals surface area contributed by atoms with E-state index in [4.69, 9.17) is 9.57 Å². The number of hydroxylamine groups is 1. The quantitative estimate of drug-likeness (QED) is 0.363. The number of hydrogen-bond acceptors (Lipinski definition) is 10. The van der Waals surface area contributed by atoms with Crippen molar-refractivity contribution >= 4 is 43.0 Å². The number of nitrogens with zero attached hydrogens (tertiary/aromatic N) is 3. The largest absolute Gasteiger partial charge is 0.350 e. The molecule has 0 radical (unpaired) electrons. The zero-order chi connectivity index (χ0) is 26.8. The van der Waals surface area contributed by atoms with E-state index in [9.17, 15) is 31.7 Å². The Morgan fingerprint density at radius 1 is 1.14 bits per heavy atom. The number of carbonyl (C=O) groups is 1. The van der Waals surface area contributed by atoms with Crippen molar-refractivity contribution in [3.63, 3.8) is 0 Å². The van der Waals surface area contributed by atoms with Crippen LogP contribution in [0, 0.1) is 10.1 Å². The van der Waals surface area contributed by atoms with Crippen LogP contribution < -0.4 is 5.48 Å². The molecule has 2 saturated heterocycles. The summed E-state index contributed by atoms with van der Waals surface area (Å²) in [5.74, 6) is -0.807. The van der Waals surface area contributed by atoms with Crippen LogP contribution in [0.4, 0.5) is 5.69 Å². The first-order valence-electron chi connectivity index (χ1n) is 11.4. The lowest BCUT2D eigenvalue weighted by molar-refractivity contribution is -0.384. The molecule has 37 heavy (non-hydrogen) atoms. The first-order valence-corrected chi connectivity index (χ1v) is 15.5. The van der Waals surface area contributed by atoms with Gasteiger partial charge < -0.3 is 4.74 Å². The van der Waals surface area contributed by atoms with Gasteiger partial charge in [-0.05, 0) is 42.7 Å². The minimum Gasteiger partial charge on any atom is -0.350 e. The van der Waals surface area contributed by atoms with Crippen LogP contribution in [-0.4, -0.2) is 81.1 Å². The highest BCUT2D eigenvalue weighted by molar-refractivity contribution is 7.91. The molecule has 0 aliphatic carbocycles. The molecule has 13 nitrogen and oxygen atoms in total. The third kappa shape index (κ3) is 6.34. The number of piperazine rings is 1. The van der Waals surface area contributed by atoms with E-state index in [1.165, 1.54) is 30.3 Å². The minimum atomic E-state index is -4.20. The van der Waals surface area contributed by atoms with Crippen molar-refractivity contribution in [3.05, 3.63) is 46.5 Å². The fraction of sp³-hybridized carbons (Fsp3) is 0.476. The molecular weight excluding hydrogens is 548 g/mol. The van der Waals surface area contributed by atoms with Gasteiger partial charge in [-0.1, -0.05) is 0 Å². The number of carbonyl (C=O) groups excluding carboxylic acids is 1. The number of non-ortho nitro benzene ring substituents is 1. The summed E-state index contributed by atoms with van der Waals surface area (Å²) in [6.45, 7) is -0.256. The molecule has 3 heterocycles. The Balaban J connectivity index is 1.56. The summed E-state index contributed by atoms with van der Waals surface area (Å²) in [5, 5.41) is 10.9. The standard InChI is InChI=1S/C21H26N4O9S3/c1-36(29,30)23-11-12-24(17(14-23)21(26)22-34-19-4-2-3-13-33-19)37(31,32)20-10-9-18(35-20)15-5-7-16(8-6-15)25(27)28/h5-10,17,19H,2-4,11-14H2,1H3,(H,22,26)/t17-,19?/m1/s1. The maximum absolute atomic E-state index is 13.6. The topological polar surface area (TPSA) is 165 Å². The van der Waals surface area contributed by atoms with E-state index in [0.29, 0.717) is 23.5 Å². The molecule has 1 unspecified atom stereocenters. The highest BCUT2D eigenvalue weighted by Crippen LogP contribution is 2.34. The van der Waals surface area contributed by atoms with Crippen LogP contribution in [0.1, 0.15) is 19.3 Å². The first-order chi connectivity index (χ1) is 17.5. The van der Waals surface area contributed by atoms with Crippen molar-refractivity contribution in [2.24, 2.45) is 0 Å². The molecule has 16 heteroatoms. The second kappa shape index (κ2) is 11.1. The number of ether oxygens (including phenoxy) is 1. The van der Waals surface area contributed by atoms with Crippen molar-refractivity contribution in [2.45, 2.75) is 35.8 Å². The van der Waals surface area contributed by atoms with Gasteiger partial charge in [-0.25, -0.2) is 27.2 Å². The molecule has 2 fully saturated rings. The number of nitro benzene ring substituents is 1. The summed E-state index contributed by atoms with van der Waals surface area (Å²) in [7, 11) is -7.88. The normalized spacial score (nSPS) is 22.0. The van der Waals surface area contributed by atoms with Gasteiger partial charge in [0.2, 0.25) is 10.0 Å². The number of hydrogen-bond donors (Lipinski definition) is 1. The molecule has 0 saturated carbocycles. The van der Waals surface area contributed by atoms with Crippen molar-refractivity contribution in [3.8, 4) is 10.4 Å². The smallest absolute Gasteiger partial charge is 0.269 e. The second-order valence-corrected chi connectivity index (χ2v) is 13.7. The lowest BCUT2D eigenvalue weighted by Gasteiger charge is -2.38. The van der Waals surface area contributed by atoms with Gasteiger partial charge in [-0.3, -0.25) is 14.9 Å². The predicted octanol–water partition coefficient (Wildman–Crippen LogP) is 1.53. The highest BCUT2D eigenvalue weighted by Gasteiger charge is 2.43. The molecular formula is C21H26N4O9S3. The number of rotatable bonds is 8. The highest BCUT2D eigenvalue weighted by atomic mass is 32.2. The van der Waals surface area contributed by atoms with Crippen LogP contribution in [0.3, 0.4) is 0 Å². The van der Waals surface area contributed by atoms with E-state index in [0.717, 1.165) is 39.0 Å². The van der Waals surface area contributed by atoms with Gasteiger partial charge in [-0.15, -0.1) is 11.3 Å². The first kappa shape index (κ1) is 27.6. The summed E-state index contributed by atoms with van der Waals surface area (Å²) >= 11 is 0.943. The van der Waals surface area contributed by atoms with Gasteiger partial charge in [0.05, 0.1) is 11.2 Å². The number of nitro groups is 1. The number of benzene rings is 1. The Bertz CT molecular complexity index is 1350. The summed E-state index contributed by atoms with van der Waals surface area (Å²) in [5.41, 5.74) is 2.75. The Labute approximate surface area is 218 Å². The van der Waals surface area contributed by atoms with E-state index < -0.39 is 43.2 Å². The lowest BCUT2D eigenvalue weighted by atomic mass is 10.2. The molecule has 1 aromatic carbocycles. The molecule has 2 aromatic rings. The van der Waals surface area contributed by atoms with E-state index in [1.54, 1.807) is 6.07 Å². The summed E-state index contributed by atoms with van der Waals surface area (Å²) in [6.07, 6.45) is 2.60. The molecule has 1 N–H and O–H groups in total. The molecule has 4 rings (SSSR count). The van der Waals surface area contributed by atoms with Crippen LogP contribution in [0.2, 0.25) is 0 Å². The zero-order valence-corrected chi connectivity index (χ0v) is 22.3. The average molecular weight is 575 g/mol. The van der Waals surface area contributed by atoms with Crippen LogP contribution in [-0.2, 0) is 34.4 Å². The summed E-state index contributed by atoms with van der Waals surface area (Å²) in [4.78, 5) is 29.3. The number of amides is 1. The molecule has 2 aliphatic heterocycles. The molecule has 2 atom stereocenters. The van der Waals surface area contributed by atoms with Crippen LogP contribution >= 0.6 is 11.3 Å². The SMILES string of the molecule is CS(=O)(=O)N1CCN(S(=O)(=O)c2ccc(-c3ccc([N+](=O)[O-])cc3)s2)[C@@H](C(=O)NOC2CCCCO2)C1. The Kier molecular flexibility index (Phi) is 8.27. The second-order valence-electron chi connectivity index (χ2n) is 8.56. The zero-order valence-electron chi connectivity index (χ0n) is 19.8. The molecule has 2 aliphatic rings. The van der Waals surface area contributed by atoms with Crippen molar-refractivity contribution in [1.29, 1.82) is 0 Å². The van der Waals surface area contributed by atoms with Gasteiger partial charge in [0.1, 0.15) is 10.3 Å². The third-order valence-electron chi connectivity index (χ3n) is 6.00. The van der Waals surface area contributed by atoms with Crippen molar-refractivity contribution < 1.29 is 36.1 Å². The van der Waals surface area contributed by atoms with Gasteiger partial charge in [0, 0.05) is 49.7 Å². The third-order valence-corrected chi connectivity index (χ3v) is 10.8. The summed E-state index contributed by atoms with van der Waals surface area (Å²) < 4.78 is 58.8. The monoisotopic (exact) mass is 574 g/mol. The van der Waals surface area contributed by atoms with Gasteiger partial charge in [-0.2, -0.15) is 8.61 Å². The number of sulfonamides is 2. The fourth-order valence-corrected chi connectivity index (χ4v) is 7.85. The van der Waals surface area contributed by atoms with Gasteiger partial charge in [0.25, 0.3) is 21.6 Å². The van der Waals surface area contributed by atoms with Crippen LogP contribution in [0.5, 0.6) is 0 Å². The molecule has 1 aromatic heterocycles. The molecule has 0 spiro atoms. The van der Waals surface area contributed by atoms with Crippen molar-refractivity contribution in [2.75, 3.05) is 32.5 Å². The molecule has 0 bridgehead atoms. The number of thiophene rings is 1. The fourth-order valence-electron chi connectivity index (χ4n) is 4.02. The van der Waals surface area contributed by atoms with E-state index >= 15 is 0 Å². The predicted molar refractivity (Wildman–Crippen MR) is 133 cm³/mol. The number of nitrogens with one attached hydrogen (secondary N) is 1. The molecule has 202 valence electrons. The van der Waals surface area contributed by atoms with E-state index in [-0.39, 0.29) is 29.5 Å². The van der Waals surface area contributed by atoms with Gasteiger partial charge in [0.15, 0.2) is 6.29 Å². The van der Waals surface area contributed by atoms with Crippen molar-refractivity contribution in [1.82, 2.24) is 14.1 Å². The summed E-state index contributed by atoms with van der Waals surface area (Å²) in [6, 6.07) is 7.28. The Morgan fingerprint density at radius 2 is 1.86 bits per heavy atom. The maximum Gasteiger partial charge on any atom is 0.269 e. The Hall–Kier alpha value is -2.47. The Morgan fingerprint density at radius 3 is 2.49 bits per heavy atom. The average Bonchev–Trinajstić information content (AvgIpc) is 3.38. The van der Waals surface area contributed by atoms with Crippen LogP contribution in [0.25, 0.3) is 10.4 Å².